The third-order valence-electron chi connectivity index (χ3n) is 5.47. The Morgan fingerprint density at radius 1 is 1.24 bits per heavy atom. The second-order valence-electron chi connectivity index (χ2n) is 9.75. The van der Waals surface area contributed by atoms with Crippen LogP contribution in [0.25, 0.3) is 10.9 Å². The highest BCUT2D eigenvalue weighted by molar-refractivity contribution is 5.85. The largest absolute Gasteiger partial charge is 0.444 e. The van der Waals surface area contributed by atoms with Gasteiger partial charge in [0.25, 0.3) is 0 Å². The number of carbonyl (C=O) groups is 2. The molecule has 202 valence electrons. The fourth-order valence-electron chi connectivity index (χ4n) is 3.34. The van der Waals surface area contributed by atoms with Crippen LogP contribution in [0.5, 0.6) is 0 Å². The molecule has 1 aromatic carbocycles. The first-order valence-electron chi connectivity index (χ1n) is 12.6. The Kier molecular flexibility index (Phi) is 9.49. The fourth-order valence-corrected chi connectivity index (χ4v) is 3.34. The molecular formula is C27H36N8O3. The van der Waals surface area contributed by atoms with Gasteiger partial charge < -0.3 is 20.7 Å². The van der Waals surface area contributed by atoms with E-state index in [2.05, 4.69) is 48.0 Å². The predicted molar refractivity (Wildman–Crippen MR) is 148 cm³/mol. The van der Waals surface area contributed by atoms with Crippen LogP contribution in [0.15, 0.2) is 30.6 Å². The number of hydrogen-bond donors (Lipinski definition) is 4. The minimum Gasteiger partial charge on any atom is -0.444 e. The Balaban J connectivity index is 1.50. The number of amides is 2. The second-order valence-corrected chi connectivity index (χ2v) is 9.75. The number of H-pyrrole nitrogens is 1. The lowest BCUT2D eigenvalue weighted by Gasteiger charge is -2.28. The number of anilines is 3. The van der Waals surface area contributed by atoms with Crippen molar-refractivity contribution < 1.29 is 14.3 Å². The van der Waals surface area contributed by atoms with Crippen molar-refractivity contribution in [2.75, 3.05) is 30.8 Å². The van der Waals surface area contributed by atoms with Crippen LogP contribution in [-0.2, 0) is 9.53 Å². The monoisotopic (exact) mass is 520 g/mol. The van der Waals surface area contributed by atoms with Crippen LogP contribution in [-0.4, -0.2) is 68.8 Å². The van der Waals surface area contributed by atoms with E-state index in [1.54, 1.807) is 47.1 Å². The van der Waals surface area contributed by atoms with Crippen molar-refractivity contribution in [1.82, 2.24) is 30.4 Å². The smallest absolute Gasteiger partial charge is 0.410 e. The molecule has 2 amide bonds. The molecule has 0 saturated carbocycles. The molecule has 0 aliphatic rings. The molecule has 2 heterocycles. The normalized spacial score (nSPS) is 11.7. The molecule has 0 saturated heterocycles. The van der Waals surface area contributed by atoms with Crippen molar-refractivity contribution >= 4 is 40.4 Å². The minimum atomic E-state index is -0.649. The molecule has 0 bridgehead atoms. The summed E-state index contributed by atoms with van der Waals surface area (Å²) >= 11 is 0. The summed E-state index contributed by atoms with van der Waals surface area (Å²) in [6.07, 6.45) is 4.16. The Hall–Kier alpha value is -4.33. The Morgan fingerprint density at radius 2 is 2.03 bits per heavy atom. The Bertz CT molecular complexity index is 1320. The van der Waals surface area contributed by atoms with E-state index in [1.165, 1.54) is 4.90 Å². The van der Waals surface area contributed by atoms with E-state index in [1.807, 2.05) is 25.1 Å². The van der Waals surface area contributed by atoms with Gasteiger partial charge in [0.15, 0.2) is 0 Å². The minimum absolute atomic E-state index is 0.246. The Labute approximate surface area is 223 Å². The average Bonchev–Trinajstić information content (AvgIpc) is 3.33. The van der Waals surface area contributed by atoms with Crippen LogP contribution < -0.4 is 16.0 Å². The number of unbranched alkanes of at least 4 members (excludes halogenated alkanes) is 1. The molecule has 11 heteroatoms. The highest BCUT2D eigenvalue weighted by atomic mass is 16.6. The standard InChI is InChI=1S/C27H36N8O3/c1-7-28-23-20(16-30-25(33-23)32-21-13-12-19-17-31-34-22(19)15-21)11-9-8-10-14-29-24(36)18(2)35(6)26(37)38-27(3,4)5/h12-13,15-18H,7-8,10,14H2,1-6H3,(H,29,36)(H,31,34)(H2,28,30,32,33)/t18-/m0/s1. The maximum atomic E-state index is 12.4. The van der Waals surface area contributed by atoms with Crippen molar-refractivity contribution in [1.29, 1.82) is 0 Å². The van der Waals surface area contributed by atoms with Gasteiger partial charge in [-0.3, -0.25) is 14.8 Å². The van der Waals surface area contributed by atoms with Crippen LogP contribution in [0, 0.1) is 11.8 Å². The molecular weight excluding hydrogens is 484 g/mol. The zero-order valence-electron chi connectivity index (χ0n) is 22.8. The highest BCUT2D eigenvalue weighted by Gasteiger charge is 2.26. The van der Waals surface area contributed by atoms with E-state index in [0.29, 0.717) is 43.3 Å². The number of aromatic amines is 1. The lowest BCUT2D eigenvalue weighted by molar-refractivity contribution is -0.125. The second kappa shape index (κ2) is 12.8. The topological polar surface area (TPSA) is 137 Å². The first-order chi connectivity index (χ1) is 18.1. The number of nitrogens with zero attached hydrogens (tertiary/aromatic N) is 4. The predicted octanol–water partition coefficient (Wildman–Crippen LogP) is 4.03. The van der Waals surface area contributed by atoms with Crippen LogP contribution in [0.3, 0.4) is 0 Å². The number of ether oxygens (including phenoxy) is 1. The van der Waals surface area contributed by atoms with E-state index in [4.69, 9.17) is 4.74 Å². The summed E-state index contributed by atoms with van der Waals surface area (Å²) in [5.74, 6) is 7.09. The molecule has 0 aliphatic heterocycles. The van der Waals surface area contributed by atoms with Crippen LogP contribution in [0.4, 0.5) is 22.2 Å². The average molecular weight is 521 g/mol. The first kappa shape index (κ1) is 28.2. The van der Waals surface area contributed by atoms with Gasteiger partial charge in [-0.1, -0.05) is 11.8 Å². The zero-order chi connectivity index (χ0) is 27.7. The van der Waals surface area contributed by atoms with Gasteiger partial charge in [0, 0.05) is 37.6 Å². The number of likely N-dealkylation sites (N-methyl/N-ethyl adjacent to an activating group) is 1. The summed E-state index contributed by atoms with van der Waals surface area (Å²) in [6, 6.07) is 5.21. The van der Waals surface area contributed by atoms with Gasteiger partial charge in [0.05, 0.1) is 23.5 Å². The maximum Gasteiger partial charge on any atom is 0.410 e. The van der Waals surface area contributed by atoms with Gasteiger partial charge in [-0.15, -0.1) is 0 Å². The molecule has 11 nitrogen and oxygen atoms in total. The third-order valence-corrected chi connectivity index (χ3v) is 5.47. The number of hydrogen-bond acceptors (Lipinski definition) is 8. The maximum absolute atomic E-state index is 12.4. The van der Waals surface area contributed by atoms with E-state index < -0.39 is 17.7 Å². The molecule has 0 unspecified atom stereocenters. The summed E-state index contributed by atoms with van der Waals surface area (Å²) in [6.45, 7) is 10.1. The summed E-state index contributed by atoms with van der Waals surface area (Å²) in [5, 5.41) is 17.3. The fraction of sp³-hybridized carbons (Fsp3) is 0.444. The van der Waals surface area contributed by atoms with E-state index >= 15 is 0 Å². The summed E-state index contributed by atoms with van der Waals surface area (Å²) in [4.78, 5) is 34.8. The number of aromatic nitrogens is 4. The number of fused-ring (bicyclic) bond motifs is 1. The lowest BCUT2D eigenvalue weighted by atomic mass is 10.2. The van der Waals surface area contributed by atoms with Crippen LogP contribution >= 0.6 is 0 Å². The van der Waals surface area contributed by atoms with Crippen LogP contribution in [0.2, 0.25) is 0 Å². The molecule has 4 N–H and O–H groups in total. The van der Waals surface area contributed by atoms with Crippen molar-refractivity contribution in [3.05, 3.63) is 36.2 Å². The Morgan fingerprint density at radius 3 is 2.76 bits per heavy atom. The zero-order valence-corrected chi connectivity index (χ0v) is 22.8. The van der Waals surface area contributed by atoms with Gasteiger partial charge in [0.1, 0.15) is 17.5 Å². The van der Waals surface area contributed by atoms with Crippen molar-refractivity contribution in [3.8, 4) is 11.8 Å². The number of rotatable bonds is 9. The first-order valence-corrected chi connectivity index (χ1v) is 12.6. The lowest BCUT2D eigenvalue weighted by Crippen LogP contribution is -2.47. The van der Waals surface area contributed by atoms with Gasteiger partial charge in [-0.2, -0.15) is 10.1 Å². The number of carbonyl (C=O) groups excluding carboxylic acids is 2. The molecule has 38 heavy (non-hydrogen) atoms. The molecule has 0 fully saturated rings. The summed E-state index contributed by atoms with van der Waals surface area (Å²) in [7, 11) is 1.55. The molecule has 0 aliphatic carbocycles. The molecule has 3 aromatic rings. The van der Waals surface area contributed by atoms with Gasteiger partial charge in [-0.25, -0.2) is 9.78 Å². The molecule has 3 rings (SSSR count). The number of nitrogens with one attached hydrogen (secondary N) is 4. The number of benzene rings is 1. The van der Waals surface area contributed by atoms with E-state index in [9.17, 15) is 9.59 Å². The van der Waals surface area contributed by atoms with Crippen molar-refractivity contribution in [3.63, 3.8) is 0 Å². The quantitative estimate of drug-likeness (QED) is 0.245. The van der Waals surface area contributed by atoms with Gasteiger partial charge in [0.2, 0.25) is 11.9 Å². The van der Waals surface area contributed by atoms with Crippen LogP contribution in [0.1, 0.15) is 53.0 Å². The van der Waals surface area contributed by atoms with Gasteiger partial charge in [-0.05, 0) is 59.2 Å². The summed E-state index contributed by atoms with van der Waals surface area (Å²) < 4.78 is 5.31. The van der Waals surface area contributed by atoms with Crippen molar-refractivity contribution in [2.45, 2.75) is 59.1 Å². The van der Waals surface area contributed by atoms with E-state index in [-0.39, 0.29) is 5.91 Å². The third kappa shape index (κ3) is 8.09. The summed E-state index contributed by atoms with van der Waals surface area (Å²) in [5.41, 5.74) is 1.84. The van der Waals surface area contributed by atoms with E-state index in [0.717, 1.165) is 16.6 Å². The molecule has 1 atom stereocenters. The molecule has 0 spiro atoms. The SMILES string of the molecule is CCNc1nc(Nc2ccc3cn[nH]c3c2)ncc1C#CCCCNC(=O)[C@H](C)N(C)C(=O)OC(C)(C)C. The molecule has 0 radical (unpaired) electrons. The molecule has 2 aromatic heterocycles. The highest BCUT2D eigenvalue weighted by Crippen LogP contribution is 2.21. The van der Waals surface area contributed by atoms with Gasteiger partial charge >= 0.3 is 6.09 Å². The van der Waals surface area contributed by atoms with Crippen molar-refractivity contribution in [2.24, 2.45) is 0 Å².